The second-order valence-corrected chi connectivity index (χ2v) is 7.14. The number of rotatable bonds is 8. The average Bonchev–Trinajstić information content (AvgIpc) is 3.30. The molecular weight excluding hydrogens is 329 g/mol. The van der Waals surface area contributed by atoms with Crippen LogP contribution in [0.15, 0.2) is 24.3 Å². The molecule has 2 aliphatic carbocycles. The van der Waals surface area contributed by atoms with E-state index in [0.717, 1.165) is 24.8 Å². The van der Waals surface area contributed by atoms with Gasteiger partial charge >= 0.3 is 6.36 Å². The van der Waals surface area contributed by atoms with Crippen LogP contribution in [-0.2, 0) is 6.42 Å². The average molecular weight is 354 g/mol. The number of aryl methyl sites for hydroxylation is 1. The van der Waals surface area contributed by atoms with Crippen molar-refractivity contribution in [1.29, 1.82) is 0 Å². The Labute approximate surface area is 147 Å². The van der Waals surface area contributed by atoms with Gasteiger partial charge in [-0.25, -0.2) is 0 Å². The number of alkyl halides is 3. The molecule has 0 N–H and O–H groups in total. The van der Waals surface area contributed by atoms with Crippen molar-refractivity contribution in [1.82, 2.24) is 0 Å². The van der Waals surface area contributed by atoms with Gasteiger partial charge in [-0.05, 0) is 74.5 Å². The third kappa shape index (κ3) is 5.41. The summed E-state index contributed by atoms with van der Waals surface area (Å²) in [5.41, 5.74) is 1.39. The minimum atomic E-state index is -4.72. The Morgan fingerprint density at radius 3 is 2.52 bits per heavy atom. The molecule has 1 aromatic rings. The van der Waals surface area contributed by atoms with Crippen LogP contribution in [0.2, 0.25) is 0 Å². The van der Waals surface area contributed by atoms with Crippen LogP contribution in [0.1, 0.15) is 49.7 Å². The Morgan fingerprint density at radius 1 is 1.16 bits per heavy atom. The normalized spacial score (nSPS) is 18.4. The van der Waals surface area contributed by atoms with Crippen LogP contribution in [0.3, 0.4) is 0 Å². The van der Waals surface area contributed by atoms with E-state index < -0.39 is 6.36 Å². The van der Waals surface area contributed by atoms with E-state index in [9.17, 15) is 13.2 Å². The highest BCUT2D eigenvalue weighted by Gasteiger charge is 2.34. The Kier molecular flexibility index (Phi) is 5.60. The van der Waals surface area contributed by atoms with E-state index in [1.807, 2.05) is 6.07 Å². The molecule has 0 unspecified atom stereocenters. The van der Waals surface area contributed by atoms with Crippen LogP contribution in [0.5, 0.6) is 11.5 Å². The highest BCUT2D eigenvalue weighted by Crippen LogP contribution is 2.39. The smallest absolute Gasteiger partial charge is 0.489 e. The largest absolute Gasteiger partial charge is 0.573 e. The van der Waals surface area contributed by atoms with Gasteiger partial charge in [-0.1, -0.05) is 24.6 Å². The van der Waals surface area contributed by atoms with Gasteiger partial charge in [0.05, 0.1) is 6.61 Å². The van der Waals surface area contributed by atoms with Crippen LogP contribution >= 0.6 is 0 Å². The summed E-state index contributed by atoms with van der Waals surface area (Å²) in [7, 11) is 0. The summed E-state index contributed by atoms with van der Waals surface area (Å²) in [6.07, 6.45) is 6.99. The summed E-state index contributed by atoms with van der Waals surface area (Å²) in [6, 6.07) is 3.48. The van der Waals surface area contributed by atoms with Gasteiger partial charge in [-0.3, -0.25) is 0 Å². The third-order valence-electron chi connectivity index (χ3n) is 5.01. The standard InChI is InChI=1S/C20H25F3O2/c1-14-17(8-3-2-5-15-9-10-15)11-12-18(19(14)25-20(21,22)23)24-13-16-6-4-7-16/h2,5,11-12,15-16H,3-4,6-10,13H2,1H3/b5-2+. The highest BCUT2D eigenvalue weighted by atomic mass is 19.4. The molecule has 0 atom stereocenters. The van der Waals surface area contributed by atoms with Crippen molar-refractivity contribution < 1.29 is 22.6 Å². The van der Waals surface area contributed by atoms with Crippen molar-refractivity contribution in [2.24, 2.45) is 11.8 Å². The van der Waals surface area contributed by atoms with Gasteiger partial charge in [0.1, 0.15) is 0 Å². The predicted octanol–water partition coefficient (Wildman–Crippen LogP) is 5.97. The van der Waals surface area contributed by atoms with Crippen molar-refractivity contribution >= 4 is 0 Å². The van der Waals surface area contributed by atoms with Gasteiger partial charge in [0.25, 0.3) is 0 Å². The highest BCUT2D eigenvalue weighted by molar-refractivity contribution is 5.50. The Hall–Kier alpha value is -1.65. The van der Waals surface area contributed by atoms with Crippen LogP contribution in [0, 0.1) is 18.8 Å². The third-order valence-corrected chi connectivity index (χ3v) is 5.01. The van der Waals surface area contributed by atoms with Crippen LogP contribution in [-0.4, -0.2) is 13.0 Å². The molecule has 0 saturated heterocycles. The quantitative estimate of drug-likeness (QED) is 0.535. The first-order valence-electron chi connectivity index (χ1n) is 9.10. The Morgan fingerprint density at radius 2 is 1.92 bits per heavy atom. The maximum absolute atomic E-state index is 12.8. The molecular formula is C20H25F3O2. The van der Waals surface area contributed by atoms with Gasteiger partial charge in [-0.15, -0.1) is 13.2 Å². The van der Waals surface area contributed by atoms with Crippen LogP contribution in [0.4, 0.5) is 13.2 Å². The monoisotopic (exact) mass is 354 g/mol. The Bertz CT molecular complexity index is 614. The molecule has 2 nitrogen and oxygen atoms in total. The first-order valence-corrected chi connectivity index (χ1v) is 9.10. The first kappa shape index (κ1) is 18.2. The molecule has 1 aromatic carbocycles. The zero-order chi connectivity index (χ0) is 17.9. The summed E-state index contributed by atoms with van der Waals surface area (Å²) < 4.78 is 48.4. The number of allylic oxidation sites excluding steroid dienone is 2. The van der Waals surface area contributed by atoms with Gasteiger partial charge in [-0.2, -0.15) is 0 Å². The van der Waals surface area contributed by atoms with E-state index in [0.29, 0.717) is 30.4 Å². The number of halogens is 3. The molecule has 25 heavy (non-hydrogen) atoms. The minimum absolute atomic E-state index is 0.185. The SMILES string of the molecule is Cc1c(CC/C=C/C2CC2)ccc(OCC2CCC2)c1OC(F)(F)F. The van der Waals surface area contributed by atoms with E-state index >= 15 is 0 Å². The van der Waals surface area contributed by atoms with Crippen molar-refractivity contribution in [2.45, 2.75) is 58.2 Å². The second-order valence-electron chi connectivity index (χ2n) is 7.14. The molecule has 2 saturated carbocycles. The fraction of sp³-hybridized carbons (Fsp3) is 0.600. The van der Waals surface area contributed by atoms with Gasteiger partial charge < -0.3 is 9.47 Å². The molecule has 0 heterocycles. The molecule has 2 aliphatic rings. The van der Waals surface area contributed by atoms with E-state index in [2.05, 4.69) is 16.9 Å². The van der Waals surface area contributed by atoms with Gasteiger partial charge in [0.15, 0.2) is 11.5 Å². The second kappa shape index (κ2) is 7.71. The number of ether oxygens (including phenoxy) is 2. The van der Waals surface area contributed by atoms with E-state index in [-0.39, 0.29) is 11.5 Å². The summed E-state index contributed by atoms with van der Waals surface area (Å²) in [6.45, 7) is 2.13. The maximum atomic E-state index is 12.8. The molecule has 0 aliphatic heterocycles. The fourth-order valence-electron chi connectivity index (χ4n) is 3.02. The fourth-order valence-corrected chi connectivity index (χ4v) is 3.02. The lowest BCUT2D eigenvalue weighted by molar-refractivity contribution is -0.275. The zero-order valence-corrected chi connectivity index (χ0v) is 14.6. The number of benzene rings is 1. The number of hydrogen-bond acceptors (Lipinski definition) is 2. The Balaban J connectivity index is 1.70. The molecule has 3 rings (SSSR count). The summed E-state index contributed by atoms with van der Waals surface area (Å²) in [5, 5.41) is 0. The number of hydrogen-bond donors (Lipinski definition) is 0. The van der Waals surface area contributed by atoms with Crippen molar-refractivity contribution in [3.05, 3.63) is 35.4 Å². The van der Waals surface area contributed by atoms with E-state index in [1.54, 1.807) is 13.0 Å². The van der Waals surface area contributed by atoms with E-state index in [4.69, 9.17) is 4.74 Å². The first-order chi connectivity index (χ1) is 11.9. The topological polar surface area (TPSA) is 18.5 Å². The zero-order valence-electron chi connectivity index (χ0n) is 14.6. The molecule has 0 spiro atoms. The molecule has 5 heteroatoms. The molecule has 138 valence electrons. The summed E-state index contributed by atoms with van der Waals surface area (Å²) in [5.74, 6) is 1.17. The molecule has 0 bridgehead atoms. The van der Waals surface area contributed by atoms with Gasteiger partial charge in [0, 0.05) is 0 Å². The van der Waals surface area contributed by atoms with Gasteiger partial charge in [0.2, 0.25) is 0 Å². The van der Waals surface area contributed by atoms with Crippen molar-refractivity contribution in [3.8, 4) is 11.5 Å². The molecule has 2 fully saturated rings. The van der Waals surface area contributed by atoms with Crippen molar-refractivity contribution in [2.75, 3.05) is 6.61 Å². The lowest BCUT2D eigenvalue weighted by Crippen LogP contribution is -2.21. The van der Waals surface area contributed by atoms with E-state index in [1.165, 1.54) is 19.3 Å². The lowest BCUT2D eigenvalue weighted by atomic mass is 9.86. The predicted molar refractivity (Wildman–Crippen MR) is 90.9 cm³/mol. The summed E-state index contributed by atoms with van der Waals surface area (Å²) >= 11 is 0. The lowest BCUT2D eigenvalue weighted by Gasteiger charge is -2.26. The van der Waals surface area contributed by atoms with Crippen molar-refractivity contribution in [3.63, 3.8) is 0 Å². The van der Waals surface area contributed by atoms with Crippen LogP contribution < -0.4 is 9.47 Å². The van der Waals surface area contributed by atoms with Crippen LogP contribution in [0.25, 0.3) is 0 Å². The molecule has 0 radical (unpaired) electrons. The summed E-state index contributed by atoms with van der Waals surface area (Å²) in [4.78, 5) is 0. The minimum Gasteiger partial charge on any atom is -0.489 e. The molecule has 0 aromatic heterocycles. The maximum Gasteiger partial charge on any atom is 0.573 e. The molecule has 0 amide bonds.